The van der Waals surface area contributed by atoms with Gasteiger partial charge in [0.15, 0.2) is 0 Å². The molecule has 3 nitrogen and oxygen atoms in total. The van der Waals surface area contributed by atoms with Crippen LogP contribution in [0.4, 0.5) is 8.78 Å². The number of hydrogen-bond donors (Lipinski definition) is 2. The highest BCUT2D eigenvalue weighted by atomic mass is 35.5. The molecule has 0 spiro atoms. The summed E-state index contributed by atoms with van der Waals surface area (Å²) in [5.74, 6) is 5.63. The molecule has 1 heterocycles. The topological polar surface area (TPSA) is 47.3 Å². The van der Waals surface area contributed by atoms with Crippen LogP contribution in [0.3, 0.4) is 0 Å². The van der Waals surface area contributed by atoms with Crippen LogP contribution >= 0.6 is 22.9 Å². The summed E-state index contributed by atoms with van der Waals surface area (Å²) in [6.45, 7) is -2.83. The van der Waals surface area contributed by atoms with Gasteiger partial charge in [-0.3, -0.25) is 5.84 Å². The first-order valence-electron chi connectivity index (χ1n) is 5.35. The third-order valence-electron chi connectivity index (χ3n) is 2.51. The molecule has 0 radical (unpaired) electrons. The highest BCUT2D eigenvalue weighted by molar-refractivity contribution is 7.10. The second-order valence-corrected chi connectivity index (χ2v) is 5.03. The summed E-state index contributed by atoms with van der Waals surface area (Å²) >= 11 is 7.52. The summed E-state index contributed by atoms with van der Waals surface area (Å²) in [4.78, 5) is 0.867. The summed E-state index contributed by atoms with van der Waals surface area (Å²) in [6.07, 6.45) is 0. The van der Waals surface area contributed by atoms with Gasteiger partial charge in [0.1, 0.15) is 5.75 Å². The Hall–Kier alpha value is -1.21. The third-order valence-corrected chi connectivity index (χ3v) is 3.94. The van der Waals surface area contributed by atoms with E-state index in [-0.39, 0.29) is 11.8 Å². The summed E-state index contributed by atoms with van der Waals surface area (Å²) in [6, 6.07) is 7.75. The highest BCUT2D eigenvalue weighted by Gasteiger charge is 2.17. The molecule has 3 N–H and O–H groups in total. The van der Waals surface area contributed by atoms with Crippen molar-refractivity contribution in [2.24, 2.45) is 5.84 Å². The van der Waals surface area contributed by atoms with Gasteiger partial charge in [-0.1, -0.05) is 23.7 Å². The fourth-order valence-corrected chi connectivity index (χ4v) is 2.93. The molecule has 0 amide bonds. The molecular weight excluding hydrogens is 294 g/mol. The maximum atomic E-state index is 12.1. The van der Waals surface area contributed by atoms with Gasteiger partial charge in [-0.15, -0.1) is 11.3 Å². The second-order valence-electron chi connectivity index (χ2n) is 3.68. The molecular formula is C12H11ClF2N2OS. The van der Waals surface area contributed by atoms with E-state index in [1.807, 2.05) is 5.38 Å². The van der Waals surface area contributed by atoms with Crippen LogP contribution in [0.15, 0.2) is 35.7 Å². The van der Waals surface area contributed by atoms with E-state index >= 15 is 0 Å². The molecule has 0 fully saturated rings. The Morgan fingerprint density at radius 1 is 1.21 bits per heavy atom. The first-order valence-corrected chi connectivity index (χ1v) is 6.61. The molecule has 0 aliphatic rings. The minimum absolute atomic E-state index is 0.104. The predicted molar refractivity (Wildman–Crippen MR) is 71.6 cm³/mol. The van der Waals surface area contributed by atoms with Crippen molar-refractivity contribution >= 4 is 22.9 Å². The van der Waals surface area contributed by atoms with E-state index in [1.54, 1.807) is 18.2 Å². The lowest BCUT2D eigenvalue weighted by Crippen LogP contribution is -2.28. The van der Waals surface area contributed by atoms with Crippen LogP contribution in [-0.2, 0) is 0 Å². The summed E-state index contributed by atoms with van der Waals surface area (Å²) < 4.78 is 28.4. The smallest absolute Gasteiger partial charge is 0.387 e. The fraction of sp³-hybridized carbons (Fsp3) is 0.167. The Bertz CT molecular complexity index is 533. The predicted octanol–water partition coefficient (Wildman–Crippen LogP) is 3.56. The van der Waals surface area contributed by atoms with E-state index < -0.39 is 6.61 Å². The lowest BCUT2D eigenvalue weighted by atomic mass is 10.1. The van der Waals surface area contributed by atoms with Crippen LogP contribution in [0.25, 0.3) is 0 Å². The number of nitrogens with two attached hydrogens (primary N) is 1. The summed E-state index contributed by atoms with van der Waals surface area (Å²) in [5.41, 5.74) is 3.47. The Labute approximate surface area is 117 Å². The second kappa shape index (κ2) is 6.29. The molecule has 0 saturated carbocycles. The van der Waals surface area contributed by atoms with Crippen LogP contribution in [0.5, 0.6) is 5.75 Å². The number of ether oxygens (including phenoxy) is 1. The van der Waals surface area contributed by atoms with Crippen molar-refractivity contribution in [2.75, 3.05) is 0 Å². The summed E-state index contributed by atoms with van der Waals surface area (Å²) in [5, 5.41) is 2.47. The van der Waals surface area contributed by atoms with Gasteiger partial charge in [0.25, 0.3) is 0 Å². The minimum atomic E-state index is -2.83. The molecule has 0 aliphatic heterocycles. The lowest BCUT2D eigenvalue weighted by molar-refractivity contribution is -0.0498. The van der Waals surface area contributed by atoms with Crippen molar-refractivity contribution < 1.29 is 13.5 Å². The van der Waals surface area contributed by atoms with E-state index in [9.17, 15) is 8.78 Å². The zero-order valence-corrected chi connectivity index (χ0v) is 11.2. The maximum Gasteiger partial charge on any atom is 0.387 e. The van der Waals surface area contributed by atoms with Gasteiger partial charge in [0.05, 0.1) is 11.1 Å². The number of alkyl halides is 2. The average molecular weight is 305 g/mol. The first kappa shape index (κ1) is 14.2. The monoisotopic (exact) mass is 304 g/mol. The van der Waals surface area contributed by atoms with Crippen LogP contribution in [0.2, 0.25) is 5.02 Å². The fourth-order valence-electron chi connectivity index (χ4n) is 1.68. The maximum absolute atomic E-state index is 12.1. The van der Waals surface area contributed by atoms with Gasteiger partial charge in [0, 0.05) is 4.88 Å². The van der Waals surface area contributed by atoms with Crippen LogP contribution in [-0.4, -0.2) is 6.61 Å². The molecule has 102 valence electrons. The Morgan fingerprint density at radius 3 is 2.37 bits per heavy atom. The van der Waals surface area contributed by atoms with Crippen LogP contribution < -0.4 is 16.0 Å². The first-order chi connectivity index (χ1) is 9.11. The standard InChI is InChI=1S/C12H11ClF2N2OS/c13-9-5-6-19-11(9)10(17-16)7-1-3-8(4-2-7)18-12(14)15/h1-6,10,12,17H,16H2. The molecule has 0 bridgehead atoms. The molecule has 0 saturated heterocycles. The molecule has 7 heteroatoms. The number of thiophene rings is 1. The van der Waals surface area contributed by atoms with E-state index in [4.69, 9.17) is 17.4 Å². The Morgan fingerprint density at radius 2 is 1.89 bits per heavy atom. The van der Waals surface area contributed by atoms with Gasteiger partial charge in [-0.25, -0.2) is 5.43 Å². The van der Waals surface area contributed by atoms with Gasteiger partial charge in [-0.05, 0) is 29.1 Å². The average Bonchev–Trinajstić information content (AvgIpc) is 2.78. The van der Waals surface area contributed by atoms with Gasteiger partial charge in [-0.2, -0.15) is 8.78 Å². The molecule has 0 aliphatic carbocycles. The van der Waals surface area contributed by atoms with E-state index in [1.165, 1.54) is 23.5 Å². The van der Waals surface area contributed by atoms with Crippen LogP contribution in [0.1, 0.15) is 16.5 Å². The van der Waals surface area contributed by atoms with Gasteiger partial charge >= 0.3 is 6.61 Å². The quantitative estimate of drug-likeness (QED) is 0.656. The normalized spacial score (nSPS) is 12.7. The van der Waals surface area contributed by atoms with Gasteiger partial charge < -0.3 is 4.74 Å². The van der Waals surface area contributed by atoms with E-state index in [0.29, 0.717) is 5.02 Å². The number of hydrazine groups is 1. The number of benzene rings is 1. The molecule has 1 unspecified atom stereocenters. The van der Waals surface area contributed by atoms with Gasteiger partial charge in [0.2, 0.25) is 0 Å². The van der Waals surface area contributed by atoms with Crippen molar-refractivity contribution in [3.05, 3.63) is 51.2 Å². The van der Waals surface area contributed by atoms with E-state index in [2.05, 4.69) is 10.2 Å². The Balaban J connectivity index is 2.22. The Kier molecular flexibility index (Phi) is 4.71. The van der Waals surface area contributed by atoms with Crippen molar-refractivity contribution in [1.29, 1.82) is 0 Å². The third kappa shape index (κ3) is 3.42. The number of halogens is 3. The van der Waals surface area contributed by atoms with Crippen molar-refractivity contribution in [3.8, 4) is 5.75 Å². The number of nitrogens with one attached hydrogen (secondary N) is 1. The molecule has 1 atom stereocenters. The van der Waals surface area contributed by atoms with Crippen molar-refractivity contribution in [2.45, 2.75) is 12.7 Å². The number of hydrogen-bond acceptors (Lipinski definition) is 4. The lowest BCUT2D eigenvalue weighted by Gasteiger charge is -2.16. The summed E-state index contributed by atoms with van der Waals surface area (Å²) in [7, 11) is 0. The van der Waals surface area contributed by atoms with Crippen molar-refractivity contribution in [1.82, 2.24) is 5.43 Å². The largest absolute Gasteiger partial charge is 0.435 e. The molecule has 2 aromatic rings. The highest BCUT2D eigenvalue weighted by Crippen LogP contribution is 2.33. The zero-order chi connectivity index (χ0) is 13.8. The molecule has 1 aromatic heterocycles. The number of rotatable bonds is 5. The molecule has 19 heavy (non-hydrogen) atoms. The van der Waals surface area contributed by atoms with E-state index in [0.717, 1.165) is 10.4 Å². The molecule has 2 rings (SSSR count). The SMILES string of the molecule is NNC(c1ccc(OC(F)F)cc1)c1sccc1Cl. The molecule has 1 aromatic carbocycles. The van der Waals surface area contributed by atoms with Crippen LogP contribution in [0, 0.1) is 0 Å². The van der Waals surface area contributed by atoms with Crippen molar-refractivity contribution in [3.63, 3.8) is 0 Å². The zero-order valence-electron chi connectivity index (χ0n) is 9.65. The minimum Gasteiger partial charge on any atom is -0.435 e.